The first kappa shape index (κ1) is 15.0. The molecule has 0 unspecified atom stereocenters. The second kappa shape index (κ2) is 6.40. The van der Waals surface area contributed by atoms with Gasteiger partial charge in [0.1, 0.15) is 6.61 Å². The molecule has 0 radical (unpaired) electrons. The Morgan fingerprint density at radius 3 is 2.70 bits per heavy atom. The van der Waals surface area contributed by atoms with Crippen LogP contribution in [0.25, 0.3) is 0 Å². The Morgan fingerprint density at radius 2 is 2.05 bits per heavy atom. The highest BCUT2D eigenvalue weighted by molar-refractivity contribution is 7.89. The minimum absolute atomic E-state index is 0.235. The lowest BCUT2D eigenvalue weighted by atomic mass is 10.0. The van der Waals surface area contributed by atoms with Gasteiger partial charge in [0.25, 0.3) is 0 Å². The quantitative estimate of drug-likeness (QED) is 0.840. The van der Waals surface area contributed by atoms with Crippen LogP contribution in [0.2, 0.25) is 0 Å². The monoisotopic (exact) mass is 293 g/mol. The molecule has 108 valence electrons. The molecule has 0 amide bonds. The molecular formula is C15H19NO3S. The molecule has 1 aliphatic rings. The van der Waals surface area contributed by atoms with Crippen molar-refractivity contribution in [3.63, 3.8) is 0 Å². The van der Waals surface area contributed by atoms with Crippen molar-refractivity contribution in [2.24, 2.45) is 5.92 Å². The number of rotatable bonds is 2. The SMILES string of the molecule is CC1CCN(S(=O)(=O)c2cccc(C#CCO)c2)CC1. The molecule has 0 aliphatic carbocycles. The molecule has 1 aromatic rings. The number of aliphatic hydroxyl groups is 1. The van der Waals surface area contributed by atoms with E-state index in [9.17, 15) is 8.42 Å². The van der Waals surface area contributed by atoms with E-state index >= 15 is 0 Å². The Labute approximate surface area is 120 Å². The number of hydrogen-bond donors (Lipinski definition) is 1. The number of piperidine rings is 1. The van der Waals surface area contributed by atoms with Crippen molar-refractivity contribution >= 4 is 10.0 Å². The van der Waals surface area contributed by atoms with Gasteiger partial charge in [-0.3, -0.25) is 0 Å². The largest absolute Gasteiger partial charge is 0.384 e. The summed E-state index contributed by atoms with van der Waals surface area (Å²) in [5, 5.41) is 8.69. The summed E-state index contributed by atoms with van der Waals surface area (Å²) in [6, 6.07) is 6.58. The van der Waals surface area contributed by atoms with E-state index in [1.807, 2.05) is 0 Å². The fraction of sp³-hybridized carbons (Fsp3) is 0.467. The second-order valence-electron chi connectivity index (χ2n) is 5.07. The first-order chi connectivity index (χ1) is 9.54. The number of sulfonamides is 1. The van der Waals surface area contributed by atoms with Gasteiger partial charge in [-0.25, -0.2) is 8.42 Å². The Morgan fingerprint density at radius 1 is 1.35 bits per heavy atom. The average molecular weight is 293 g/mol. The fourth-order valence-corrected chi connectivity index (χ4v) is 3.77. The number of benzene rings is 1. The van der Waals surface area contributed by atoms with Crippen LogP contribution in [0, 0.1) is 17.8 Å². The van der Waals surface area contributed by atoms with Gasteiger partial charge in [-0.05, 0) is 37.0 Å². The predicted octanol–water partition coefficient (Wildman–Crippen LogP) is 1.45. The summed E-state index contributed by atoms with van der Waals surface area (Å²) >= 11 is 0. The van der Waals surface area contributed by atoms with E-state index < -0.39 is 10.0 Å². The lowest BCUT2D eigenvalue weighted by molar-refractivity contribution is 0.288. The van der Waals surface area contributed by atoms with Gasteiger partial charge in [0.15, 0.2) is 0 Å². The number of nitrogens with zero attached hydrogens (tertiary/aromatic N) is 1. The van der Waals surface area contributed by atoms with E-state index in [1.54, 1.807) is 28.6 Å². The molecule has 0 atom stereocenters. The van der Waals surface area contributed by atoms with Crippen molar-refractivity contribution < 1.29 is 13.5 Å². The van der Waals surface area contributed by atoms with Crippen molar-refractivity contribution in [3.05, 3.63) is 29.8 Å². The minimum atomic E-state index is -3.43. The third-order valence-electron chi connectivity index (χ3n) is 3.53. The molecule has 0 saturated carbocycles. The predicted molar refractivity (Wildman–Crippen MR) is 77.6 cm³/mol. The van der Waals surface area contributed by atoms with Crippen LogP contribution in [-0.2, 0) is 10.0 Å². The lowest BCUT2D eigenvalue weighted by Crippen LogP contribution is -2.37. The van der Waals surface area contributed by atoms with E-state index in [2.05, 4.69) is 18.8 Å². The van der Waals surface area contributed by atoms with Crippen LogP contribution in [0.4, 0.5) is 0 Å². The molecule has 5 heteroatoms. The van der Waals surface area contributed by atoms with E-state index in [1.165, 1.54) is 0 Å². The normalized spacial score (nSPS) is 17.5. The van der Waals surface area contributed by atoms with Crippen LogP contribution in [0.1, 0.15) is 25.3 Å². The molecule has 1 N–H and O–H groups in total. The smallest absolute Gasteiger partial charge is 0.243 e. The van der Waals surface area contributed by atoms with Gasteiger partial charge in [-0.2, -0.15) is 4.31 Å². The molecule has 0 spiro atoms. The van der Waals surface area contributed by atoms with Crippen LogP contribution in [-0.4, -0.2) is 37.5 Å². The molecular weight excluding hydrogens is 274 g/mol. The summed E-state index contributed by atoms with van der Waals surface area (Å²) in [6.45, 7) is 3.07. The van der Waals surface area contributed by atoms with Crippen molar-refractivity contribution in [2.45, 2.75) is 24.7 Å². The molecule has 0 bridgehead atoms. The zero-order chi connectivity index (χ0) is 14.6. The summed E-state index contributed by atoms with van der Waals surface area (Å²) in [7, 11) is -3.43. The molecule has 0 aromatic heterocycles. The molecule has 1 fully saturated rings. The Kier molecular flexibility index (Phi) is 4.81. The molecule has 1 aromatic carbocycles. The number of aliphatic hydroxyl groups excluding tert-OH is 1. The van der Waals surface area contributed by atoms with E-state index in [0.717, 1.165) is 12.8 Å². The highest BCUT2D eigenvalue weighted by Crippen LogP contribution is 2.23. The average Bonchev–Trinajstić information content (AvgIpc) is 2.46. The van der Waals surface area contributed by atoms with Gasteiger partial charge in [0.05, 0.1) is 4.90 Å². The maximum atomic E-state index is 12.5. The number of hydrogen-bond acceptors (Lipinski definition) is 3. The standard InChI is InChI=1S/C15H19NO3S/c1-13-7-9-16(10-8-13)20(18,19)15-6-2-4-14(12-15)5-3-11-17/h2,4,6,12-13,17H,7-11H2,1H3. The Hall–Kier alpha value is -1.35. The third kappa shape index (κ3) is 3.40. The molecule has 1 saturated heterocycles. The maximum absolute atomic E-state index is 12.5. The van der Waals surface area contributed by atoms with Crippen molar-refractivity contribution in [1.82, 2.24) is 4.31 Å². The van der Waals surface area contributed by atoms with Crippen LogP contribution in [0.15, 0.2) is 29.2 Å². The van der Waals surface area contributed by atoms with Gasteiger partial charge in [0.2, 0.25) is 10.0 Å². The highest BCUT2D eigenvalue weighted by Gasteiger charge is 2.27. The second-order valence-corrected chi connectivity index (χ2v) is 7.01. The molecule has 20 heavy (non-hydrogen) atoms. The van der Waals surface area contributed by atoms with Gasteiger partial charge < -0.3 is 5.11 Å². The summed E-state index contributed by atoms with van der Waals surface area (Å²) < 4.78 is 26.6. The van der Waals surface area contributed by atoms with E-state index in [4.69, 9.17) is 5.11 Å². The molecule has 2 rings (SSSR count). The van der Waals surface area contributed by atoms with Crippen molar-refractivity contribution in [3.8, 4) is 11.8 Å². The van der Waals surface area contributed by atoms with Gasteiger partial charge in [0, 0.05) is 18.7 Å². The Bertz CT molecular complexity index is 620. The van der Waals surface area contributed by atoms with Crippen LogP contribution >= 0.6 is 0 Å². The minimum Gasteiger partial charge on any atom is -0.384 e. The molecule has 4 nitrogen and oxygen atoms in total. The lowest BCUT2D eigenvalue weighted by Gasteiger charge is -2.29. The summed E-state index contributed by atoms with van der Waals surface area (Å²) in [5.74, 6) is 5.85. The van der Waals surface area contributed by atoms with Crippen molar-refractivity contribution in [1.29, 1.82) is 0 Å². The fourth-order valence-electron chi connectivity index (χ4n) is 2.25. The Balaban J connectivity index is 2.25. The topological polar surface area (TPSA) is 57.6 Å². The molecule has 1 aliphatic heterocycles. The first-order valence-electron chi connectivity index (χ1n) is 6.74. The highest BCUT2D eigenvalue weighted by atomic mass is 32.2. The van der Waals surface area contributed by atoms with Gasteiger partial charge in [-0.15, -0.1) is 0 Å². The zero-order valence-corrected chi connectivity index (χ0v) is 12.4. The third-order valence-corrected chi connectivity index (χ3v) is 5.42. The van der Waals surface area contributed by atoms with Crippen LogP contribution in [0.5, 0.6) is 0 Å². The van der Waals surface area contributed by atoms with Crippen molar-refractivity contribution in [2.75, 3.05) is 19.7 Å². The van der Waals surface area contributed by atoms with Gasteiger partial charge in [-0.1, -0.05) is 24.8 Å². The van der Waals surface area contributed by atoms with E-state index in [-0.39, 0.29) is 11.5 Å². The van der Waals surface area contributed by atoms with Gasteiger partial charge >= 0.3 is 0 Å². The summed E-state index contributed by atoms with van der Waals surface area (Å²) in [5.41, 5.74) is 0.602. The summed E-state index contributed by atoms with van der Waals surface area (Å²) in [6.07, 6.45) is 1.81. The molecule has 1 heterocycles. The van der Waals surface area contributed by atoms with Crippen LogP contribution in [0.3, 0.4) is 0 Å². The van der Waals surface area contributed by atoms with E-state index in [0.29, 0.717) is 24.6 Å². The van der Waals surface area contributed by atoms with Crippen LogP contribution < -0.4 is 0 Å². The zero-order valence-electron chi connectivity index (χ0n) is 11.5. The maximum Gasteiger partial charge on any atom is 0.243 e. The summed E-state index contributed by atoms with van der Waals surface area (Å²) in [4.78, 5) is 0.275. The first-order valence-corrected chi connectivity index (χ1v) is 8.18.